The van der Waals surface area contributed by atoms with Gasteiger partial charge in [-0.3, -0.25) is 4.84 Å². The third-order valence-electron chi connectivity index (χ3n) is 2.22. The number of benzene rings is 1. The van der Waals surface area contributed by atoms with Crippen LogP contribution in [0.5, 0.6) is 0 Å². The average Bonchev–Trinajstić information content (AvgIpc) is 2.28. The van der Waals surface area contributed by atoms with Gasteiger partial charge in [-0.2, -0.15) is 0 Å². The molecule has 6 nitrogen and oxygen atoms in total. The maximum absolute atomic E-state index is 11.7. The van der Waals surface area contributed by atoms with Gasteiger partial charge in [-0.05, 0) is 23.6 Å². The molecule has 100 valence electrons. The van der Waals surface area contributed by atoms with Crippen molar-refractivity contribution in [3.63, 3.8) is 0 Å². The molecule has 1 aromatic rings. The number of carboxylic acids is 1. The molecule has 0 fully saturated rings. The molecule has 2 N–H and O–H groups in total. The Kier molecular flexibility index (Phi) is 4.83. The maximum atomic E-state index is 11.7. The fraction of sp³-hybridized carbons (Fsp3) is 0.364. The fourth-order valence-corrected chi connectivity index (χ4v) is 2.05. The highest BCUT2D eigenvalue weighted by Gasteiger charge is 2.14. The van der Waals surface area contributed by atoms with Crippen molar-refractivity contribution in [3.8, 4) is 0 Å². The number of sulfonamides is 1. The van der Waals surface area contributed by atoms with Crippen LogP contribution in [0.1, 0.15) is 25.3 Å². The van der Waals surface area contributed by atoms with Gasteiger partial charge in [0.05, 0.1) is 4.90 Å². The molecule has 0 heterocycles. The van der Waals surface area contributed by atoms with Gasteiger partial charge < -0.3 is 5.11 Å². The summed E-state index contributed by atoms with van der Waals surface area (Å²) >= 11 is 0. The fourth-order valence-electron chi connectivity index (χ4n) is 1.25. The molecule has 18 heavy (non-hydrogen) atoms. The molecular formula is C11H15NO5S. The van der Waals surface area contributed by atoms with Gasteiger partial charge in [-0.25, -0.2) is 13.2 Å². The summed E-state index contributed by atoms with van der Waals surface area (Å²) in [5, 5.41) is 8.32. The van der Waals surface area contributed by atoms with E-state index >= 15 is 0 Å². The van der Waals surface area contributed by atoms with Crippen LogP contribution in [-0.2, 0) is 19.7 Å². The van der Waals surface area contributed by atoms with Gasteiger partial charge in [0.1, 0.15) is 0 Å². The summed E-state index contributed by atoms with van der Waals surface area (Å²) in [4.78, 5) is 16.3. The summed E-state index contributed by atoms with van der Waals surface area (Å²) in [6.45, 7) is 3.26. The first-order valence-corrected chi connectivity index (χ1v) is 6.76. The second-order valence-electron chi connectivity index (χ2n) is 3.99. The molecule has 0 aliphatic heterocycles. The molecular weight excluding hydrogens is 258 g/mol. The van der Waals surface area contributed by atoms with Gasteiger partial charge >= 0.3 is 5.97 Å². The number of nitrogens with one attached hydrogen (secondary N) is 1. The molecule has 1 aromatic carbocycles. The molecule has 0 saturated carbocycles. The summed E-state index contributed by atoms with van der Waals surface area (Å²) in [7, 11) is -3.83. The number of carboxylic acid groups (broad SMARTS) is 1. The first-order valence-electron chi connectivity index (χ1n) is 5.28. The van der Waals surface area contributed by atoms with Crippen molar-refractivity contribution in [1.29, 1.82) is 0 Å². The molecule has 0 atom stereocenters. The lowest BCUT2D eigenvalue weighted by Crippen LogP contribution is -2.26. The number of rotatable bonds is 6. The van der Waals surface area contributed by atoms with Gasteiger partial charge in [-0.15, -0.1) is 0 Å². The Morgan fingerprint density at radius 1 is 1.33 bits per heavy atom. The molecule has 7 heteroatoms. The second kappa shape index (κ2) is 5.94. The Balaban J connectivity index is 2.76. The molecule has 0 saturated heterocycles. The van der Waals surface area contributed by atoms with Gasteiger partial charge in [0.15, 0.2) is 6.61 Å². The van der Waals surface area contributed by atoms with E-state index in [0.29, 0.717) is 5.92 Å². The van der Waals surface area contributed by atoms with Crippen molar-refractivity contribution >= 4 is 16.0 Å². The van der Waals surface area contributed by atoms with Crippen molar-refractivity contribution in [3.05, 3.63) is 29.8 Å². The van der Waals surface area contributed by atoms with E-state index in [0.717, 1.165) is 5.56 Å². The number of hydrogen-bond acceptors (Lipinski definition) is 4. The zero-order chi connectivity index (χ0) is 13.8. The van der Waals surface area contributed by atoms with Crippen molar-refractivity contribution in [1.82, 2.24) is 4.89 Å². The summed E-state index contributed by atoms with van der Waals surface area (Å²) < 4.78 is 23.3. The van der Waals surface area contributed by atoms with Crippen LogP contribution in [-0.4, -0.2) is 26.1 Å². The van der Waals surface area contributed by atoms with Gasteiger partial charge in [-0.1, -0.05) is 30.9 Å². The Morgan fingerprint density at radius 3 is 2.33 bits per heavy atom. The quantitative estimate of drug-likeness (QED) is 0.757. The van der Waals surface area contributed by atoms with E-state index in [4.69, 9.17) is 5.11 Å². The van der Waals surface area contributed by atoms with Gasteiger partial charge in [0.25, 0.3) is 10.0 Å². The lowest BCUT2D eigenvalue weighted by Gasteiger charge is -2.08. The summed E-state index contributed by atoms with van der Waals surface area (Å²) in [6.07, 6.45) is 0. The van der Waals surface area contributed by atoms with Crippen molar-refractivity contribution in [2.45, 2.75) is 24.7 Å². The van der Waals surface area contributed by atoms with Crippen LogP contribution in [0.2, 0.25) is 0 Å². The molecule has 0 spiro atoms. The second-order valence-corrected chi connectivity index (χ2v) is 5.64. The van der Waals surface area contributed by atoms with Crippen LogP contribution in [0.15, 0.2) is 29.2 Å². The highest BCUT2D eigenvalue weighted by molar-refractivity contribution is 7.89. The Labute approximate surface area is 106 Å². The average molecular weight is 273 g/mol. The Morgan fingerprint density at radius 2 is 1.89 bits per heavy atom. The molecule has 0 aliphatic carbocycles. The summed E-state index contributed by atoms with van der Waals surface area (Å²) in [5.41, 5.74) is 1.01. The summed E-state index contributed by atoms with van der Waals surface area (Å²) in [6, 6.07) is 6.30. The molecule has 0 aromatic heterocycles. The van der Waals surface area contributed by atoms with E-state index in [9.17, 15) is 13.2 Å². The van der Waals surface area contributed by atoms with Crippen molar-refractivity contribution < 1.29 is 23.2 Å². The number of hydrogen-bond donors (Lipinski definition) is 2. The minimum absolute atomic E-state index is 0.0253. The Hall–Kier alpha value is -1.44. The van der Waals surface area contributed by atoms with Crippen molar-refractivity contribution in [2.24, 2.45) is 0 Å². The Bertz CT molecular complexity index is 507. The van der Waals surface area contributed by atoms with E-state index in [2.05, 4.69) is 4.84 Å². The topological polar surface area (TPSA) is 92.7 Å². The first kappa shape index (κ1) is 14.6. The van der Waals surface area contributed by atoms with E-state index in [1.165, 1.54) is 12.1 Å². The van der Waals surface area contributed by atoms with E-state index in [1.807, 2.05) is 13.8 Å². The van der Waals surface area contributed by atoms with E-state index in [-0.39, 0.29) is 4.90 Å². The molecule has 0 bridgehead atoms. The zero-order valence-electron chi connectivity index (χ0n) is 10.1. The third-order valence-corrected chi connectivity index (χ3v) is 3.45. The van der Waals surface area contributed by atoms with Crippen LogP contribution in [0, 0.1) is 0 Å². The van der Waals surface area contributed by atoms with Gasteiger partial charge in [0, 0.05) is 0 Å². The minimum Gasteiger partial charge on any atom is -0.479 e. The highest BCUT2D eigenvalue weighted by atomic mass is 32.2. The largest absolute Gasteiger partial charge is 0.479 e. The predicted octanol–water partition coefficient (Wildman–Crippen LogP) is 1.10. The number of aliphatic carboxylic acids is 1. The monoisotopic (exact) mass is 273 g/mol. The normalized spacial score (nSPS) is 11.7. The third kappa shape index (κ3) is 4.10. The van der Waals surface area contributed by atoms with Crippen LogP contribution < -0.4 is 4.89 Å². The predicted molar refractivity (Wildman–Crippen MR) is 64.4 cm³/mol. The molecule has 0 radical (unpaired) electrons. The maximum Gasteiger partial charge on any atom is 0.331 e. The van der Waals surface area contributed by atoms with E-state index < -0.39 is 22.6 Å². The zero-order valence-corrected chi connectivity index (χ0v) is 10.9. The minimum atomic E-state index is -3.83. The molecule has 1 rings (SSSR count). The smallest absolute Gasteiger partial charge is 0.331 e. The SMILES string of the molecule is CC(C)c1ccc(S(=O)(=O)NOCC(=O)O)cc1. The number of carbonyl (C=O) groups is 1. The first-order chi connectivity index (χ1) is 8.33. The lowest BCUT2D eigenvalue weighted by atomic mass is 10.0. The van der Waals surface area contributed by atoms with Crippen LogP contribution in [0.4, 0.5) is 0 Å². The van der Waals surface area contributed by atoms with Crippen LogP contribution in [0.3, 0.4) is 0 Å². The molecule has 0 amide bonds. The standard InChI is InChI=1S/C11H15NO5S/c1-8(2)9-3-5-10(6-4-9)18(15,16)12-17-7-11(13)14/h3-6,8,12H,7H2,1-2H3,(H,13,14). The summed E-state index contributed by atoms with van der Waals surface area (Å²) in [5.74, 6) is -0.953. The highest BCUT2D eigenvalue weighted by Crippen LogP contribution is 2.17. The molecule has 0 unspecified atom stereocenters. The lowest BCUT2D eigenvalue weighted by molar-refractivity contribution is -0.143. The molecule has 0 aliphatic rings. The van der Waals surface area contributed by atoms with Crippen LogP contribution in [0.25, 0.3) is 0 Å². The van der Waals surface area contributed by atoms with Crippen LogP contribution >= 0.6 is 0 Å². The van der Waals surface area contributed by atoms with Gasteiger partial charge in [0.2, 0.25) is 0 Å². The van der Waals surface area contributed by atoms with Crippen molar-refractivity contribution in [2.75, 3.05) is 6.61 Å². The van der Waals surface area contributed by atoms with E-state index in [1.54, 1.807) is 17.0 Å².